The molecule has 178 valence electrons. The van der Waals surface area contributed by atoms with Gasteiger partial charge in [-0.15, -0.1) is 0 Å². The smallest absolute Gasteiger partial charge is 0.326 e. The molecule has 1 unspecified atom stereocenters. The van der Waals surface area contributed by atoms with E-state index >= 15 is 0 Å². The van der Waals surface area contributed by atoms with E-state index in [0.717, 1.165) is 18.2 Å². The summed E-state index contributed by atoms with van der Waals surface area (Å²) in [6, 6.07) is 12.5. The Morgan fingerprint density at radius 2 is 1.41 bits per heavy atom. The number of hydrogen-bond acceptors (Lipinski definition) is 2. The first-order chi connectivity index (χ1) is 15.9. The van der Waals surface area contributed by atoms with E-state index in [4.69, 9.17) is 34.8 Å². The molecule has 0 aliphatic carbocycles. The Morgan fingerprint density at radius 1 is 0.794 bits per heavy atom. The van der Waals surface area contributed by atoms with Crippen LogP contribution in [0.3, 0.4) is 0 Å². The maximum absolute atomic E-state index is 13.6. The zero-order chi connectivity index (χ0) is 25.0. The first-order valence-corrected chi connectivity index (χ1v) is 10.8. The Balaban J connectivity index is 1.79. The fourth-order valence-corrected chi connectivity index (χ4v) is 3.52. The van der Waals surface area contributed by atoms with Crippen molar-refractivity contribution in [2.24, 2.45) is 5.92 Å². The minimum Gasteiger partial charge on any atom is -0.326 e. The van der Waals surface area contributed by atoms with E-state index in [1.807, 2.05) is 0 Å². The summed E-state index contributed by atoms with van der Waals surface area (Å²) >= 11 is 17.7. The van der Waals surface area contributed by atoms with E-state index in [1.54, 1.807) is 0 Å². The molecule has 0 heterocycles. The summed E-state index contributed by atoms with van der Waals surface area (Å²) in [5.41, 5.74) is 0.275. The van der Waals surface area contributed by atoms with Crippen LogP contribution in [0.4, 0.5) is 28.9 Å². The highest BCUT2D eigenvalue weighted by Crippen LogP contribution is 2.33. The zero-order valence-electron chi connectivity index (χ0n) is 17.0. The summed E-state index contributed by atoms with van der Waals surface area (Å²) in [6.07, 6.45) is -5.52. The van der Waals surface area contributed by atoms with Gasteiger partial charge in [0.15, 0.2) is 0 Å². The Morgan fingerprint density at radius 3 is 2.03 bits per heavy atom. The van der Waals surface area contributed by atoms with Crippen molar-refractivity contribution in [3.8, 4) is 0 Å². The third-order valence-electron chi connectivity index (χ3n) is 4.72. The SMILES string of the molecule is O=C(Nc1ccc(F)cc1)c1cc(NC(=O)C(Cc2ccc(Cl)c(Cl)c2)C(F)(F)F)ccc1Cl. The summed E-state index contributed by atoms with van der Waals surface area (Å²) in [5, 5.41) is 4.91. The number of hydrogen-bond donors (Lipinski definition) is 2. The fourth-order valence-electron chi connectivity index (χ4n) is 3.00. The molecule has 2 amide bonds. The number of halogens is 7. The molecule has 0 spiro atoms. The predicted octanol–water partition coefficient (Wildman–Crippen LogP) is 7.40. The minimum absolute atomic E-state index is 0.000730. The molecule has 0 saturated heterocycles. The van der Waals surface area contributed by atoms with Crippen LogP contribution in [0.1, 0.15) is 15.9 Å². The maximum Gasteiger partial charge on any atom is 0.400 e. The van der Waals surface area contributed by atoms with E-state index in [2.05, 4.69) is 10.6 Å². The molecule has 3 aromatic rings. The predicted molar refractivity (Wildman–Crippen MR) is 124 cm³/mol. The summed E-state index contributed by atoms with van der Waals surface area (Å²) in [7, 11) is 0. The number of carbonyl (C=O) groups excluding carboxylic acids is 2. The van der Waals surface area contributed by atoms with Crippen LogP contribution < -0.4 is 10.6 Å². The van der Waals surface area contributed by atoms with E-state index in [9.17, 15) is 27.2 Å². The molecular formula is C23H15Cl3F4N2O2. The van der Waals surface area contributed by atoms with Crippen LogP contribution in [0.25, 0.3) is 0 Å². The average molecular weight is 534 g/mol. The highest BCUT2D eigenvalue weighted by atomic mass is 35.5. The highest BCUT2D eigenvalue weighted by molar-refractivity contribution is 6.42. The third-order valence-corrected chi connectivity index (χ3v) is 5.78. The molecule has 4 nitrogen and oxygen atoms in total. The quantitative estimate of drug-likeness (QED) is 0.324. The second kappa shape index (κ2) is 10.6. The number of benzene rings is 3. The van der Waals surface area contributed by atoms with Crippen LogP contribution in [0.15, 0.2) is 60.7 Å². The van der Waals surface area contributed by atoms with Crippen molar-refractivity contribution in [3.63, 3.8) is 0 Å². The van der Waals surface area contributed by atoms with Crippen LogP contribution in [-0.2, 0) is 11.2 Å². The summed E-state index contributed by atoms with van der Waals surface area (Å²) in [4.78, 5) is 25.1. The van der Waals surface area contributed by atoms with Gasteiger partial charge >= 0.3 is 6.18 Å². The molecule has 0 aromatic heterocycles. The molecule has 0 aliphatic heterocycles. The molecule has 34 heavy (non-hydrogen) atoms. The molecule has 3 rings (SSSR count). The van der Waals surface area contributed by atoms with Gasteiger partial charge in [-0.1, -0.05) is 40.9 Å². The van der Waals surface area contributed by atoms with Gasteiger partial charge in [-0.05, 0) is 66.6 Å². The molecule has 0 aliphatic rings. The van der Waals surface area contributed by atoms with Gasteiger partial charge in [-0.2, -0.15) is 13.2 Å². The van der Waals surface area contributed by atoms with Gasteiger partial charge in [0.1, 0.15) is 11.7 Å². The second-order valence-corrected chi connectivity index (χ2v) is 8.41. The van der Waals surface area contributed by atoms with Gasteiger partial charge < -0.3 is 10.6 Å². The first-order valence-electron chi connectivity index (χ1n) is 9.62. The van der Waals surface area contributed by atoms with Crippen molar-refractivity contribution in [3.05, 3.63) is 92.7 Å². The third kappa shape index (κ3) is 6.62. The zero-order valence-corrected chi connectivity index (χ0v) is 19.3. The Bertz CT molecular complexity index is 1220. The average Bonchev–Trinajstić information content (AvgIpc) is 2.76. The topological polar surface area (TPSA) is 58.2 Å². The summed E-state index contributed by atoms with van der Waals surface area (Å²) in [6.45, 7) is 0. The van der Waals surface area contributed by atoms with Crippen LogP contribution in [-0.4, -0.2) is 18.0 Å². The van der Waals surface area contributed by atoms with Crippen molar-refractivity contribution in [1.29, 1.82) is 0 Å². The van der Waals surface area contributed by atoms with E-state index in [-0.39, 0.29) is 37.6 Å². The Hall–Kier alpha value is -2.81. The van der Waals surface area contributed by atoms with Crippen molar-refractivity contribution < 1.29 is 27.2 Å². The standard InChI is InChI=1S/C23H15Cl3F4N2O2/c24-18-8-6-15(11-16(18)21(33)31-14-4-2-13(27)3-5-14)32-22(34)17(23(28,29)30)9-12-1-7-19(25)20(26)10-12/h1-8,10-11,17H,9H2,(H,31,33)(H,32,34). The van der Waals surface area contributed by atoms with Crippen LogP contribution in [0.5, 0.6) is 0 Å². The number of carbonyl (C=O) groups is 2. The summed E-state index contributed by atoms with van der Waals surface area (Å²) in [5.74, 6) is -4.92. The molecule has 3 aromatic carbocycles. The van der Waals surface area contributed by atoms with Crippen molar-refractivity contribution in [2.75, 3.05) is 10.6 Å². The molecule has 0 bridgehead atoms. The molecule has 11 heteroatoms. The molecule has 0 saturated carbocycles. The lowest BCUT2D eigenvalue weighted by Gasteiger charge is -2.20. The van der Waals surface area contributed by atoms with Gasteiger partial charge in [-0.25, -0.2) is 4.39 Å². The van der Waals surface area contributed by atoms with Crippen LogP contribution >= 0.6 is 34.8 Å². The molecule has 0 radical (unpaired) electrons. The molecule has 0 fully saturated rings. The van der Waals surface area contributed by atoms with Gasteiger partial charge in [0.05, 0.1) is 20.6 Å². The Labute approximate surface area is 206 Å². The largest absolute Gasteiger partial charge is 0.400 e. The van der Waals surface area contributed by atoms with E-state index < -0.39 is 36.1 Å². The molecular weight excluding hydrogens is 519 g/mol. The van der Waals surface area contributed by atoms with Gasteiger partial charge in [0.25, 0.3) is 5.91 Å². The maximum atomic E-state index is 13.6. The van der Waals surface area contributed by atoms with Crippen molar-refractivity contribution >= 4 is 58.0 Å². The second-order valence-electron chi connectivity index (χ2n) is 7.19. The number of nitrogens with one attached hydrogen (secondary N) is 2. The minimum atomic E-state index is -4.86. The van der Waals surface area contributed by atoms with E-state index in [1.165, 1.54) is 42.5 Å². The highest BCUT2D eigenvalue weighted by Gasteiger charge is 2.44. The number of rotatable bonds is 6. The van der Waals surface area contributed by atoms with E-state index in [0.29, 0.717) is 0 Å². The van der Waals surface area contributed by atoms with Crippen molar-refractivity contribution in [2.45, 2.75) is 12.6 Å². The molecule has 2 N–H and O–H groups in total. The first kappa shape index (κ1) is 25.8. The van der Waals surface area contributed by atoms with Gasteiger partial charge in [0, 0.05) is 11.4 Å². The number of anilines is 2. The lowest BCUT2D eigenvalue weighted by atomic mass is 9.97. The van der Waals surface area contributed by atoms with Crippen LogP contribution in [0, 0.1) is 11.7 Å². The monoisotopic (exact) mass is 532 g/mol. The molecule has 1 atom stereocenters. The normalized spacial score (nSPS) is 12.2. The lowest BCUT2D eigenvalue weighted by molar-refractivity contribution is -0.179. The number of amides is 2. The fraction of sp³-hybridized carbons (Fsp3) is 0.130. The lowest BCUT2D eigenvalue weighted by Crippen LogP contribution is -2.36. The Kier molecular flexibility index (Phi) is 8.07. The van der Waals surface area contributed by atoms with Gasteiger partial charge in [0.2, 0.25) is 5.91 Å². The summed E-state index contributed by atoms with van der Waals surface area (Å²) < 4.78 is 54.0. The number of alkyl halides is 3. The van der Waals surface area contributed by atoms with Crippen LogP contribution in [0.2, 0.25) is 15.1 Å². The van der Waals surface area contributed by atoms with Crippen molar-refractivity contribution in [1.82, 2.24) is 0 Å². The van der Waals surface area contributed by atoms with Gasteiger partial charge in [-0.3, -0.25) is 9.59 Å².